The molecule has 0 fully saturated rings. The van der Waals surface area contributed by atoms with Crippen molar-refractivity contribution in [2.75, 3.05) is 6.54 Å². The molecule has 0 aliphatic carbocycles. The third-order valence-corrected chi connectivity index (χ3v) is 5.87. The molecule has 2 aromatic heterocycles. The predicted octanol–water partition coefficient (Wildman–Crippen LogP) is 4.24. The lowest BCUT2D eigenvalue weighted by molar-refractivity contribution is -0.137. The highest BCUT2D eigenvalue weighted by atomic mass is 19.4. The largest absolute Gasteiger partial charge is 0.416 e. The molecule has 182 valence electrons. The van der Waals surface area contributed by atoms with Crippen molar-refractivity contribution < 1.29 is 18.0 Å². The molecule has 36 heavy (non-hydrogen) atoms. The second-order valence-electron chi connectivity index (χ2n) is 8.26. The van der Waals surface area contributed by atoms with Gasteiger partial charge in [0.25, 0.3) is 11.5 Å². The SMILES string of the molecule is O=C(NCCn1ncc2c(=O)n(Cc3cccc(C(F)(F)F)c3)cnc21)c1cccc2ccccc12. The molecular formula is C26H20F3N5O2. The Labute approximate surface area is 202 Å². The standard InChI is InChI=1S/C26H20F3N5O2/c27-26(28,29)19-8-3-5-17(13-19)15-33-16-31-23-22(25(33)36)14-32-34(23)12-11-30-24(35)21-10-4-7-18-6-1-2-9-20(18)21/h1-10,13-14,16H,11-12,15H2,(H,30,35). The van der Waals surface area contributed by atoms with Crippen molar-refractivity contribution in [1.29, 1.82) is 0 Å². The van der Waals surface area contributed by atoms with Crippen LogP contribution in [0.1, 0.15) is 21.5 Å². The van der Waals surface area contributed by atoms with E-state index < -0.39 is 17.3 Å². The Hall–Kier alpha value is -4.47. The van der Waals surface area contributed by atoms with E-state index in [0.29, 0.717) is 16.8 Å². The third kappa shape index (κ3) is 4.57. The Kier molecular flexibility index (Phi) is 6.01. The molecule has 1 N–H and O–H groups in total. The number of halogens is 3. The van der Waals surface area contributed by atoms with Crippen LogP contribution < -0.4 is 10.9 Å². The molecule has 1 amide bonds. The zero-order chi connectivity index (χ0) is 25.3. The van der Waals surface area contributed by atoms with Crippen LogP contribution in [-0.2, 0) is 19.3 Å². The van der Waals surface area contributed by atoms with Crippen LogP contribution >= 0.6 is 0 Å². The second-order valence-corrected chi connectivity index (χ2v) is 8.26. The van der Waals surface area contributed by atoms with Crippen LogP contribution in [0.15, 0.2) is 84.0 Å². The minimum Gasteiger partial charge on any atom is -0.350 e. The fourth-order valence-corrected chi connectivity index (χ4v) is 4.11. The van der Waals surface area contributed by atoms with Crippen LogP contribution in [0.4, 0.5) is 13.2 Å². The van der Waals surface area contributed by atoms with E-state index in [1.54, 1.807) is 6.07 Å². The Morgan fingerprint density at radius 3 is 2.58 bits per heavy atom. The van der Waals surface area contributed by atoms with Gasteiger partial charge in [0.05, 0.1) is 24.8 Å². The van der Waals surface area contributed by atoms with Gasteiger partial charge in [-0.05, 0) is 34.5 Å². The van der Waals surface area contributed by atoms with E-state index in [4.69, 9.17) is 0 Å². The monoisotopic (exact) mass is 491 g/mol. The molecule has 0 unspecified atom stereocenters. The number of amides is 1. The number of nitrogens with one attached hydrogen (secondary N) is 1. The van der Waals surface area contributed by atoms with Gasteiger partial charge < -0.3 is 5.32 Å². The highest BCUT2D eigenvalue weighted by molar-refractivity contribution is 6.06. The van der Waals surface area contributed by atoms with Crippen molar-refractivity contribution in [3.8, 4) is 0 Å². The lowest BCUT2D eigenvalue weighted by atomic mass is 10.0. The van der Waals surface area contributed by atoms with Crippen molar-refractivity contribution in [2.24, 2.45) is 0 Å². The van der Waals surface area contributed by atoms with Gasteiger partial charge in [-0.2, -0.15) is 18.3 Å². The maximum absolute atomic E-state index is 13.0. The fourth-order valence-electron chi connectivity index (χ4n) is 4.11. The Morgan fingerprint density at radius 1 is 0.972 bits per heavy atom. The number of nitrogens with zero attached hydrogens (tertiary/aromatic N) is 4. The van der Waals surface area contributed by atoms with Gasteiger partial charge >= 0.3 is 6.18 Å². The van der Waals surface area contributed by atoms with Gasteiger partial charge in [-0.15, -0.1) is 0 Å². The molecule has 0 saturated heterocycles. The normalized spacial score (nSPS) is 11.8. The molecule has 0 aliphatic heterocycles. The molecule has 3 aromatic carbocycles. The third-order valence-electron chi connectivity index (χ3n) is 5.87. The summed E-state index contributed by atoms with van der Waals surface area (Å²) < 4.78 is 41.7. The number of carbonyl (C=O) groups is 1. The summed E-state index contributed by atoms with van der Waals surface area (Å²) in [4.78, 5) is 29.9. The smallest absolute Gasteiger partial charge is 0.350 e. The summed E-state index contributed by atoms with van der Waals surface area (Å²) in [5, 5.41) is 9.14. The first-order valence-corrected chi connectivity index (χ1v) is 11.1. The summed E-state index contributed by atoms with van der Waals surface area (Å²) >= 11 is 0. The molecule has 5 rings (SSSR count). The quantitative estimate of drug-likeness (QED) is 0.385. The first kappa shape index (κ1) is 23.3. The fraction of sp³-hybridized carbons (Fsp3) is 0.154. The van der Waals surface area contributed by atoms with Crippen molar-refractivity contribution in [3.63, 3.8) is 0 Å². The van der Waals surface area contributed by atoms with E-state index in [9.17, 15) is 22.8 Å². The van der Waals surface area contributed by atoms with E-state index in [1.807, 2.05) is 36.4 Å². The minimum absolute atomic E-state index is 0.0576. The number of rotatable bonds is 6. The molecular weight excluding hydrogens is 471 g/mol. The van der Waals surface area contributed by atoms with E-state index >= 15 is 0 Å². The Bertz CT molecular complexity index is 1630. The van der Waals surface area contributed by atoms with Crippen LogP contribution in [0.3, 0.4) is 0 Å². The van der Waals surface area contributed by atoms with Gasteiger partial charge in [-0.25, -0.2) is 9.67 Å². The summed E-state index contributed by atoms with van der Waals surface area (Å²) in [6.45, 7) is 0.482. The summed E-state index contributed by atoms with van der Waals surface area (Å²) in [5.74, 6) is -0.223. The zero-order valence-corrected chi connectivity index (χ0v) is 18.9. The van der Waals surface area contributed by atoms with Gasteiger partial charge in [0, 0.05) is 12.1 Å². The van der Waals surface area contributed by atoms with E-state index in [2.05, 4.69) is 15.4 Å². The van der Waals surface area contributed by atoms with E-state index in [-0.39, 0.29) is 30.9 Å². The van der Waals surface area contributed by atoms with Gasteiger partial charge in [0.15, 0.2) is 5.65 Å². The molecule has 10 heteroatoms. The highest BCUT2D eigenvalue weighted by Crippen LogP contribution is 2.29. The molecule has 0 saturated carbocycles. The van der Waals surface area contributed by atoms with Crippen LogP contribution in [-0.4, -0.2) is 31.8 Å². The van der Waals surface area contributed by atoms with Gasteiger partial charge in [0.1, 0.15) is 11.7 Å². The van der Waals surface area contributed by atoms with Crippen molar-refractivity contribution in [2.45, 2.75) is 19.3 Å². The lowest BCUT2D eigenvalue weighted by Gasteiger charge is -2.10. The summed E-state index contributed by atoms with van der Waals surface area (Å²) in [5.41, 5.74) is 0.0363. The Morgan fingerprint density at radius 2 is 1.75 bits per heavy atom. The van der Waals surface area contributed by atoms with Gasteiger partial charge in [-0.3, -0.25) is 14.2 Å². The predicted molar refractivity (Wildman–Crippen MR) is 129 cm³/mol. The number of hydrogen-bond donors (Lipinski definition) is 1. The average molecular weight is 491 g/mol. The van der Waals surface area contributed by atoms with Crippen LogP contribution in [0, 0.1) is 0 Å². The Balaban J connectivity index is 1.30. The van der Waals surface area contributed by atoms with E-state index in [0.717, 1.165) is 22.9 Å². The summed E-state index contributed by atoms with van der Waals surface area (Å²) in [7, 11) is 0. The summed E-state index contributed by atoms with van der Waals surface area (Å²) in [6.07, 6.45) is -1.80. The molecule has 7 nitrogen and oxygen atoms in total. The number of benzene rings is 3. The van der Waals surface area contributed by atoms with Crippen molar-refractivity contribution in [1.82, 2.24) is 24.6 Å². The zero-order valence-electron chi connectivity index (χ0n) is 18.9. The first-order valence-electron chi connectivity index (χ1n) is 11.1. The topological polar surface area (TPSA) is 81.8 Å². The molecule has 0 spiro atoms. The molecule has 2 heterocycles. The van der Waals surface area contributed by atoms with Crippen LogP contribution in [0.2, 0.25) is 0 Å². The molecule has 0 radical (unpaired) electrons. The number of fused-ring (bicyclic) bond motifs is 2. The molecule has 0 bridgehead atoms. The average Bonchev–Trinajstić information content (AvgIpc) is 3.28. The van der Waals surface area contributed by atoms with Crippen molar-refractivity contribution in [3.05, 3.63) is 106 Å². The van der Waals surface area contributed by atoms with E-state index in [1.165, 1.54) is 33.9 Å². The first-order chi connectivity index (χ1) is 17.3. The number of hydrogen-bond acceptors (Lipinski definition) is 4. The lowest BCUT2D eigenvalue weighted by Crippen LogP contribution is -2.28. The molecule has 0 aliphatic rings. The maximum atomic E-state index is 13.0. The highest BCUT2D eigenvalue weighted by Gasteiger charge is 2.30. The maximum Gasteiger partial charge on any atom is 0.416 e. The number of alkyl halides is 3. The number of aromatic nitrogens is 4. The molecule has 5 aromatic rings. The minimum atomic E-state index is -4.46. The summed E-state index contributed by atoms with van der Waals surface area (Å²) in [6, 6.07) is 18.0. The van der Waals surface area contributed by atoms with Gasteiger partial charge in [-0.1, -0.05) is 48.5 Å². The number of carbonyl (C=O) groups excluding carboxylic acids is 1. The van der Waals surface area contributed by atoms with Crippen LogP contribution in [0.5, 0.6) is 0 Å². The van der Waals surface area contributed by atoms with Gasteiger partial charge in [0.2, 0.25) is 0 Å². The molecule has 0 atom stereocenters. The van der Waals surface area contributed by atoms with Crippen LogP contribution in [0.25, 0.3) is 21.8 Å². The second kappa shape index (κ2) is 9.29. The van der Waals surface area contributed by atoms with Crippen molar-refractivity contribution >= 4 is 27.7 Å².